The summed E-state index contributed by atoms with van der Waals surface area (Å²) in [6.07, 6.45) is 37.7. The van der Waals surface area contributed by atoms with Crippen LogP contribution in [0.15, 0.2) is 0 Å². The largest absolute Gasteiger partial charge is 0.472 e. The molecular formula is C42H85O9P. The molecule has 0 fully saturated rings. The van der Waals surface area contributed by atoms with E-state index in [0.717, 1.165) is 32.1 Å². The predicted molar refractivity (Wildman–Crippen MR) is 215 cm³/mol. The van der Waals surface area contributed by atoms with Crippen LogP contribution in [0.4, 0.5) is 0 Å². The molecule has 0 radical (unpaired) electrons. The van der Waals surface area contributed by atoms with Crippen LogP contribution in [0, 0.1) is 0 Å². The number of rotatable bonds is 43. The Labute approximate surface area is 320 Å². The van der Waals surface area contributed by atoms with Gasteiger partial charge in [0.15, 0.2) is 0 Å². The van der Waals surface area contributed by atoms with E-state index in [1.54, 1.807) is 0 Å². The van der Waals surface area contributed by atoms with Crippen molar-refractivity contribution in [1.29, 1.82) is 0 Å². The quantitative estimate of drug-likeness (QED) is 0.0315. The second-order valence-electron chi connectivity index (χ2n) is 15.1. The molecule has 0 rings (SSSR count). The molecule has 9 nitrogen and oxygen atoms in total. The van der Waals surface area contributed by atoms with Gasteiger partial charge in [-0.25, -0.2) is 4.57 Å². The molecule has 0 amide bonds. The first-order chi connectivity index (χ1) is 25.3. The molecule has 3 unspecified atom stereocenters. The molecule has 10 heteroatoms. The van der Waals surface area contributed by atoms with Gasteiger partial charge in [0.05, 0.1) is 26.4 Å². The zero-order valence-electron chi connectivity index (χ0n) is 34.1. The minimum absolute atomic E-state index is 0.0581. The summed E-state index contributed by atoms with van der Waals surface area (Å²) in [6.45, 7) is 3.58. The molecule has 0 aliphatic carbocycles. The van der Waals surface area contributed by atoms with Gasteiger partial charge in [0.1, 0.15) is 12.2 Å². The number of carbonyl (C=O) groups is 1. The molecule has 3 atom stereocenters. The maximum absolute atomic E-state index is 12.6. The Morgan fingerprint density at radius 1 is 0.519 bits per heavy atom. The van der Waals surface area contributed by atoms with E-state index in [0.29, 0.717) is 6.61 Å². The van der Waals surface area contributed by atoms with Gasteiger partial charge >= 0.3 is 13.8 Å². The van der Waals surface area contributed by atoms with Crippen molar-refractivity contribution in [2.24, 2.45) is 0 Å². The third-order valence-electron chi connectivity index (χ3n) is 9.79. The predicted octanol–water partition coefficient (Wildman–Crippen LogP) is 11.9. The lowest BCUT2D eigenvalue weighted by Crippen LogP contribution is -2.29. The van der Waals surface area contributed by atoms with E-state index < -0.39 is 33.2 Å². The Morgan fingerprint density at radius 2 is 0.865 bits per heavy atom. The summed E-state index contributed by atoms with van der Waals surface area (Å²) in [5.74, 6) is -0.376. The van der Waals surface area contributed by atoms with Crippen molar-refractivity contribution < 1.29 is 43.0 Å². The molecular weight excluding hydrogens is 679 g/mol. The summed E-state index contributed by atoms with van der Waals surface area (Å²) in [5, 5.41) is 18.3. The number of ether oxygens (including phenoxy) is 2. The van der Waals surface area contributed by atoms with E-state index in [1.165, 1.54) is 167 Å². The summed E-state index contributed by atoms with van der Waals surface area (Å²) in [4.78, 5) is 22.6. The van der Waals surface area contributed by atoms with Crippen LogP contribution < -0.4 is 0 Å². The highest BCUT2D eigenvalue weighted by atomic mass is 31.2. The summed E-state index contributed by atoms with van der Waals surface area (Å²) < 4.78 is 33.4. The number of phosphoric acid groups is 1. The van der Waals surface area contributed by atoms with Gasteiger partial charge in [0.2, 0.25) is 0 Å². The van der Waals surface area contributed by atoms with Crippen LogP contribution in [0.1, 0.15) is 219 Å². The van der Waals surface area contributed by atoms with Crippen LogP contribution in [-0.4, -0.2) is 66.3 Å². The maximum Gasteiger partial charge on any atom is 0.472 e. The van der Waals surface area contributed by atoms with Crippen molar-refractivity contribution in [1.82, 2.24) is 0 Å². The minimum Gasteiger partial charge on any atom is -0.457 e. The summed E-state index contributed by atoms with van der Waals surface area (Å²) >= 11 is 0. The van der Waals surface area contributed by atoms with Gasteiger partial charge < -0.3 is 24.6 Å². The number of carbonyl (C=O) groups excluding carboxylic acids is 1. The standard InChI is InChI=1S/C42H85O9P/c1-3-5-7-9-11-13-15-17-19-20-22-24-26-28-30-32-34-42(45)51-41(39-50-52(46,47)49-37-40(44)36-43)38-48-35-33-31-29-27-25-23-21-18-16-14-12-10-8-6-4-2/h40-41,43-44H,3-39H2,1-2H3,(H,46,47). The minimum atomic E-state index is -4.51. The maximum atomic E-state index is 12.6. The number of phosphoric ester groups is 1. The molecule has 312 valence electrons. The zero-order chi connectivity index (χ0) is 38.2. The molecule has 52 heavy (non-hydrogen) atoms. The Morgan fingerprint density at radius 3 is 1.25 bits per heavy atom. The average Bonchev–Trinajstić information content (AvgIpc) is 3.13. The zero-order valence-corrected chi connectivity index (χ0v) is 35.0. The van der Waals surface area contributed by atoms with Gasteiger partial charge in [-0.15, -0.1) is 0 Å². The highest BCUT2D eigenvalue weighted by Crippen LogP contribution is 2.43. The SMILES string of the molecule is CCCCCCCCCCCCCCCCCCC(=O)OC(COCCCCCCCCCCCCCCCCC)COP(=O)(O)OCC(O)CO. The summed E-state index contributed by atoms with van der Waals surface area (Å²) in [7, 11) is -4.51. The average molecular weight is 765 g/mol. The third kappa shape index (κ3) is 39.2. The number of unbranched alkanes of at least 4 members (excludes halogenated alkanes) is 29. The van der Waals surface area contributed by atoms with Crippen LogP contribution in [0.25, 0.3) is 0 Å². The number of esters is 1. The van der Waals surface area contributed by atoms with Gasteiger partial charge in [0.25, 0.3) is 0 Å². The molecule has 0 aromatic rings. The molecule has 0 aliphatic rings. The van der Waals surface area contributed by atoms with E-state index in [4.69, 9.17) is 23.6 Å². The van der Waals surface area contributed by atoms with Crippen LogP contribution >= 0.6 is 7.82 Å². The van der Waals surface area contributed by atoms with Crippen molar-refractivity contribution in [3.05, 3.63) is 0 Å². The Bertz CT molecular complexity index is 785. The first-order valence-corrected chi connectivity index (χ1v) is 23.5. The molecule has 0 saturated carbocycles. The monoisotopic (exact) mass is 765 g/mol. The van der Waals surface area contributed by atoms with Crippen molar-refractivity contribution in [2.45, 2.75) is 232 Å². The molecule has 0 heterocycles. The first-order valence-electron chi connectivity index (χ1n) is 22.0. The van der Waals surface area contributed by atoms with Gasteiger partial charge in [-0.1, -0.05) is 200 Å². The third-order valence-corrected chi connectivity index (χ3v) is 10.7. The second kappa shape index (κ2) is 40.1. The molecule has 0 saturated heterocycles. The normalized spacial score (nSPS) is 14.0. The molecule has 0 aliphatic heterocycles. The fourth-order valence-electron chi connectivity index (χ4n) is 6.42. The highest BCUT2D eigenvalue weighted by molar-refractivity contribution is 7.47. The van der Waals surface area contributed by atoms with Crippen molar-refractivity contribution in [2.75, 3.05) is 33.0 Å². The summed E-state index contributed by atoms with van der Waals surface area (Å²) in [5.41, 5.74) is 0. The van der Waals surface area contributed by atoms with E-state index in [9.17, 15) is 19.4 Å². The van der Waals surface area contributed by atoms with Crippen molar-refractivity contribution in [3.63, 3.8) is 0 Å². The lowest BCUT2D eigenvalue weighted by atomic mass is 10.0. The smallest absolute Gasteiger partial charge is 0.457 e. The Hall–Kier alpha value is -0.540. The molecule has 0 aromatic heterocycles. The summed E-state index contributed by atoms with van der Waals surface area (Å²) in [6, 6.07) is 0. The van der Waals surface area contributed by atoms with Gasteiger partial charge in [-0.05, 0) is 12.8 Å². The lowest BCUT2D eigenvalue weighted by Gasteiger charge is -2.20. The van der Waals surface area contributed by atoms with Gasteiger partial charge in [-0.3, -0.25) is 13.8 Å². The van der Waals surface area contributed by atoms with Crippen LogP contribution in [0.5, 0.6) is 0 Å². The Balaban J connectivity index is 4.11. The van der Waals surface area contributed by atoms with E-state index >= 15 is 0 Å². The van der Waals surface area contributed by atoms with Crippen LogP contribution in [0.2, 0.25) is 0 Å². The number of hydrogen-bond donors (Lipinski definition) is 3. The van der Waals surface area contributed by atoms with Crippen LogP contribution in [-0.2, 0) is 27.9 Å². The molecule has 0 spiro atoms. The topological polar surface area (TPSA) is 132 Å². The number of aliphatic hydroxyl groups excluding tert-OH is 2. The van der Waals surface area contributed by atoms with E-state index in [1.807, 2.05) is 0 Å². The van der Waals surface area contributed by atoms with E-state index in [-0.39, 0.29) is 25.6 Å². The van der Waals surface area contributed by atoms with Gasteiger partial charge in [0, 0.05) is 13.0 Å². The second-order valence-corrected chi connectivity index (χ2v) is 16.5. The van der Waals surface area contributed by atoms with E-state index in [2.05, 4.69) is 13.8 Å². The number of aliphatic hydroxyl groups is 2. The molecule has 3 N–H and O–H groups in total. The van der Waals surface area contributed by atoms with Crippen molar-refractivity contribution >= 4 is 13.8 Å². The van der Waals surface area contributed by atoms with Gasteiger partial charge in [-0.2, -0.15) is 0 Å². The first kappa shape index (κ1) is 51.5. The van der Waals surface area contributed by atoms with Crippen LogP contribution in [0.3, 0.4) is 0 Å². The highest BCUT2D eigenvalue weighted by Gasteiger charge is 2.26. The number of hydrogen-bond acceptors (Lipinski definition) is 8. The Kier molecular flexibility index (Phi) is 39.7. The molecule has 0 aromatic carbocycles. The fraction of sp³-hybridized carbons (Fsp3) is 0.976. The lowest BCUT2D eigenvalue weighted by molar-refractivity contribution is -0.154. The molecule has 0 bridgehead atoms. The van der Waals surface area contributed by atoms with Crippen molar-refractivity contribution in [3.8, 4) is 0 Å². The fourth-order valence-corrected chi connectivity index (χ4v) is 7.21.